The molecular formula is C8H11F3O2. The summed E-state index contributed by atoms with van der Waals surface area (Å²) in [4.78, 5) is 10.4. The van der Waals surface area contributed by atoms with Crippen molar-refractivity contribution in [3.63, 3.8) is 0 Å². The van der Waals surface area contributed by atoms with Gasteiger partial charge in [0.2, 0.25) is 0 Å². The van der Waals surface area contributed by atoms with Gasteiger partial charge in [0, 0.05) is 11.5 Å². The topological polar surface area (TPSA) is 37.3 Å². The second kappa shape index (κ2) is 3.40. The van der Waals surface area contributed by atoms with E-state index in [1.807, 2.05) is 0 Å². The molecule has 5 heteroatoms. The van der Waals surface area contributed by atoms with Gasteiger partial charge in [0.25, 0.3) is 5.78 Å². The number of aliphatic hydroxyl groups excluding tert-OH is 1. The summed E-state index contributed by atoms with van der Waals surface area (Å²) < 4.78 is 35.1. The van der Waals surface area contributed by atoms with Crippen molar-refractivity contribution in [2.45, 2.75) is 26.9 Å². The molecule has 0 spiro atoms. The van der Waals surface area contributed by atoms with Crippen molar-refractivity contribution >= 4 is 5.78 Å². The Kier molecular flexibility index (Phi) is 3.13. The summed E-state index contributed by atoms with van der Waals surface area (Å²) in [5.74, 6) is -2.62. The number of halogens is 3. The van der Waals surface area contributed by atoms with Crippen molar-refractivity contribution in [1.29, 1.82) is 0 Å². The summed E-state index contributed by atoms with van der Waals surface area (Å²) in [6.07, 6.45) is -4.71. The van der Waals surface area contributed by atoms with Crippen LogP contribution in [0.4, 0.5) is 13.2 Å². The highest BCUT2D eigenvalue weighted by Gasteiger charge is 2.37. The zero-order valence-electron chi connectivity index (χ0n) is 7.57. The first kappa shape index (κ1) is 12.0. The SMILES string of the molecule is CC(C)(C)/C(O)=C\C(=O)C(F)(F)F. The first-order chi connectivity index (χ1) is 5.55. The third-order valence-corrected chi connectivity index (χ3v) is 1.32. The Balaban J connectivity index is 4.70. The van der Waals surface area contributed by atoms with Gasteiger partial charge in [-0.05, 0) is 0 Å². The van der Waals surface area contributed by atoms with E-state index >= 15 is 0 Å². The van der Waals surface area contributed by atoms with E-state index in [1.165, 1.54) is 20.8 Å². The van der Waals surface area contributed by atoms with Gasteiger partial charge in [0.15, 0.2) is 0 Å². The minimum absolute atomic E-state index is 0.208. The molecule has 0 aromatic heterocycles. The predicted octanol–water partition coefficient (Wildman–Crippen LogP) is 2.61. The van der Waals surface area contributed by atoms with Crippen molar-refractivity contribution in [3.05, 3.63) is 11.8 Å². The fraction of sp³-hybridized carbons (Fsp3) is 0.625. The maximum Gasteiger partial charge on any atom is 0.454 e. The average Bonchev–Trinajstić information content (AvgIpc) is 1.82. The summed E-state index contributed by atoms with van der Waals surface area (Å²) in [7, 11) is 0. The molecule has 0 radical (unpaired) electrons. The van der Waals surface area contributed by atoms with Crippen molar-refractivity contribution in [2.75, 3.05) is 0 Å². The van der Waals surface area contributed by atoms with Crippen molar-refractivity contribution in [2.24, 2.45) is 5.41 Å². The van der Waals surface area contributed by atoms with Crippen LogP contribution in [0.15, 0.2) is 11.8 Å². The lowest BCUT2D eigenvalue weighted by Crippen LogP contribution is -2.22. The third kappa shape index (κ3) is 3.96. The maximum absolute atomic E-state index is 11.7. The van der Waals surface area contributed by atoms with Crippen molar-refractivity contribution in [1.82, 2.24) is 0 Å². The summed E-state index contributed by atoms with van der Waals surface area (Å²) in [6.45, 7) is 4.51. The highest BCUT2D eigenvalue weighted by Crippen LogP contribution is 2.25. The van der Waals surface area contributed by atoms with Crippen LogP contribution >= 0.6 is 0 Å². The van der Waals surface area contributed by atoms with Gasteiger partial charge in [-0.3, -0.25) is 4.79 Å². The highest BCUT2D eigenvalue weighted by molar-refractivity contribution is 5.94. The van der Waals surface area contributed by atoms with Crippen LogP contribution in [-0.2, 0) is 4.79 Å². The van der Waals surface area contributed by atoms with E-state index in [4.69, 9.17) is 5.11 Å². The molecule has 0 unspecified atom stereocenters. The number of aliphatic hydroxyl groups is 1. The van der Waals surface area contributed by atoms with E-state index in [1.54, 1.807) is 0 Å². The lowest BCUT2D eigenvalue weighted by Gasteiger charge is -2.16. The molecule has 1 N–H and O–H groups in total. The van der Waals surface area contributed by atoms with Crippen LogP contribution in [0.3, 0.4) is 0 Å². The Hall–Kier alpha value is -1.00. The van der Waals surface area contributed by atoms with Crippen LogP contribution in [-0.4, -0.2) is 17.1 Å². The van der Waals surface area contributed by atoms with Gasteiger partial charge >= 0.3 is 6.18 Å². The smallest absolute Gasteiger partial charge is 0.454 e. The minimum Gasteiger partial charge on any atom is -0.512 e. The first-order valence-electron chi connectivity index (χ1n) is 3.57. The fourth-order valence-electron chi connectivity index (χ4n) is 0.423. The number of hydrogen-bond acceptors (Lipinski definition) is 2. The van der Waals surface area contributed by atoms with E-state index in [-0.39, 0.29) is 6.08 Å². The van der Waals surface area contributed by atoms with Gasteiger partial charge < -0.3 is 5.11 Å². The number of alkyl halides is 3. The largest absolute Gasteiger partial charge is 0.512 e. The Labute approximate surface area is 74.1 Å². The molecule has 0 saturated heterocycles. The number of hydrogen-bond donors (Lipinski definition) is 1. The molecular weight excluding hydrogens is 185 g/mol. The molecule has 0 aliphatic heterocycles. The molecule has 0 aliphatic carbocycles. The zero-order chi connectivity index (χ0) is 10.9. The average molecular weight is 196 g/mol. The number of rotatable bonds is 1. The molecule has 0 bridgehead atoms. The molecule has 0 aromatic rings. The molecule has 0 amide bonds. The van der Waals surface area contributed by atoms with E-state index in [2.05, 4.69) is 0 Å². The Morgan fingerprint density at radius 1 is 1.23 bits per heavy atom. The van der Waals surface area contributed by atoms with Crippen LogP contribution in [0.25, 0.3) is 0 Å². The summed E-state index contributed by atoms with van der Waals surface area (Å²) >= 11 is 0. The molecule has 0 saturated carbocycles. The molecule has 0 heterocycles. The number of carbonyl (C=O) groups is 1. The second-order valence-electron chi connectivity index (χ2n) is 3.64. The molecule has 0 atom stereocenters. The quantitative estimate of drug-likeness (QED) is 0.517. The van der Waals surface area contributed by atoms with Gasteiger partial charge in [-0.15, -0.1) is 0 Å². The molecule has 2 nitrogen and oxygen atoms in total. The minimum atomic E-state index is -4.92. The number of carbonyl (C=O) groups excluding carboxylic acids is 1. The second-order valence-corrected chi connectivity index (χ2v) is 3.64. The highest BCUT2D eigenvalue weighted by atomic mass is 19.4. The van der Waals surface area contributed by atoms with Gasteiger partial charge in [0.05, 0.1) is 0 Å². The molecule has 0 aliphatic rings. The summed E-state index contributed by atoms with van der Waals surface area (Å²) in [5, 5.41) is 9.06. The maximum atomic E-state index is 11.7. The van der Waals surface area contributed by atoms with Crippen LogP contribution < -0.4 is 0 Å². The lowest BCUT2D eigenvalue weighted by atomic mass is 9.93. The number of allylic oxidation sites excluding steroid dienone is 2. The lowest BCUT2D eigenvalue weighted by molar-refractivity contribution is -0.165. The molecule has 76 valence electrons. The molecule has 0 aromatic carbocycles. The molecule has 0 fully saturated rings. The number of ketones is 1. The van der Waals surface area contributed by atoms with Gasteiger partial charge in [-0.25, -0.2) is 0 Å². The molecule has 13 heavy (non-hydrogen) atoms. The van der Waals surface area contributed by atoms with Gasteiger partial charge in [-0.1, -0.05) is 20.8 Å². The first-order valence-corrected chi connectivity index (χ1v) is 3.57. The van der Waals surface area contributed by atoms with E-state index in [9.17, 15) is 18.0 Å². The Morgan fingerprint density at radius 3 is 1.85 bits per heavy atom. The van der Waals surface area contributed by atoms with Crippen LogP contribution in [0.2, 0.25) is 0 Å². The van der Waals surface area contributed by atoms with Crippen molar-refractivity contribution < 1.29 is 23.1 Å². The van der Waals surface area contributed by atoms with E-state index in [0.717, 1.165) is 0 Å². The molecule has 0 rings (SSSR count). The monoisotopic (exact) mass is 196 g/mol. The van der Waals surface area contributed by atoms with E-state index in [0.29, 0.717) is 0 Å². The summed E-state index contributed by atoms with van der Waals surface area (Å²) in [5.41, 5.74) is -0.846. The fourth-order valence-corrected chi connectivity index (χ4v) is 0.423. The normalized spacial score (nSPS) is 14.5. The zero-order valence-corrected chi connectivity index (χ0v) is 7.57. The van der Waals surface area contributed by atoms with Gasteiger partial charge in [0.1, 0.15) is 5.76 Å². The van der Waals surface area contributed by atoms with Crippen LogP contribution in [0.1, 0.15) is 20.8 Å². The van der Waals surface area contributed by atoms with Crippen molar-refractivity contribution in [3.8, 4) is 0 Å². The standard InChI is InChI=1S/C8H11F3O2/c1-7(2,3)5(12)4-6(13)8(9,10)11/h4,12H,1-3H3/b5-4+. The Bertz CT molecular complexity index is 233. The predicted molar refractivity (Wildman–Crippen MR) is 41.2 cm³/mol. The van der Waals surface area contributed by atoms with Gasteiger partial charge in [-0.2, -0.15) is 13.2 Å². The Morgan fingerprint density at radius 2 is 1.62 bits per heavy atom. The summed E-state index contributed by atoms with van der Waals surface area (Å²) in [6, 6.07) is 0. The van der Waals surface area contributed by atoms with Crippen LogP contribution in [0.5, 0.6) is 0 Å². The van der Waals surface area contributed by atoms with E-state index < -0.39 is 23.1 Å². The van der Waals surface area contributed by atoms with Crippen LogP contribution in [0, 0.1) is 5.41 Å². The third-order valence-electron chi connectivity index (χ3n) is 1.32.